The first-order chi connectivity index (χ1) is 21.7. The van der Waals surface area contributed by atoms with Crippen LogP contribution in [-0.2, 0) is 5.54 Å². The fraction of sp³-hybridized carbons (Fsp3) is 0.250. The van der Waals surface area contributed by atoms with Crippen LogP contribution in [0.5, 0.6) is 5.95 Å². The van der Waals surface area contributed by atoms with Gasteiger partial charge in [-0.15, -0.1) is 0 Å². The molecule has 4 heterocycles. The quantitative estimate of drug-likeness (QED) is 0.168. The van der Waals surface area contributed by atoms with Gasteiger partial charge in [-0.3, -0.25) is 14.7 Å². The van der Waals surface area contributed by atoms with Crippen molar-refractivity contribution in [1.29, 1.82) is 0 Å². The molecule has 1 aliphatic heterocycles. The summed E-state index contributed by atoms with van der Waals surface area (Å²) in [6.45, 7) is 7.18. The standard InChI is InChI=1S/C32H34N8O5/c1-32(2,20-8-5-4-6-9-20)36-31(43)45-26-19-25-27(44-26)28(38-37-25)35-29(41)22-12-11-21(40-16-14-39(3)15-17-40)18-24(22)34-30(42)23-10-7-13-33-23/h4-13,18-19,33H,14-17H2,1-3H3,(H,34,42)(H,36,43)(H2,35,37,38,41). The molecule has 13 nitrogen and oxygen atoms in total. The fourth-order valence-electron chi connectivity index (χ4n) is 5.16. The number of nitrogens with zero attached hydrogens (tertiary/aromatic N) is 3. The number of anilines is 3. The molecule has 1 saturated heterocycles. The molecule has 0 unspecified atom stereocenters. The van der Waals surface area contributed by atoms with Gasteiger partial charge in [-0.1, -0.05) is 30.3 Å². The van der Waals surface area contributed by atoms with Crippen LogP contribution in [0.3, 0.4) is 0 Å². The van der Waals surface area contributed by atoms with Crippen LogP contribution in [0.4, 0.5) is 22.0 Å². The molecular weight excluding hydrogens is 576 g/mol. The number of fused-ring (bicyclic) bond motifs is 1. The molecule has 45 heavy (non-hydrogen) atoms. The SMILES string of the molecule is CN1CCN(c2ccc(C(=O)Nc3n[nH]c4cc(OC(=O)NC(C)(C)c5ccccc5)oc34)c(NC(=O)c3ccc[nH]3)c2)CC1. The van der Waals surface area contributed by atoms with Gasteiger partial charge in [0, 0.05) is 44.1 Å². The highest BCUT2D eigenvalue weighted by Gasteiger charge is 2.26. The van der Waals surface area contributed by atoms with Gasteiger partial charge in [-0.05, 0) is 56.8 Å². The third kappa shape index (κ3) is 6.53. The Balaban J connectivity index is 1.19. The van der Waals surface area contributed by atoms with Gasteiger partial charge < -0.3 is 39.9 Å². The van der Waals surface area contributed by atoms with E-state index in [0.29, 0.717) is 16.9 Å². The van der Waals surface area contributed by atoms with E-state index in [1.165, 1.54) is 6.07 Å². The highest BCUT2D eigenvalue weighted by atomic mass is 16.6. The second-order valence-electron chi connectivity index (χ2n) is 11.4. The fourth-order valence-corrected chi connectivity index (χ4v) is 5.16. The first-order valence-electron chi connectivity index (χ1n) is 14.5. The predicted octanol–water partition coefficient (Wildman–Crippen LogP) is 4.76. The number of aromatic nitrogens is 3. The van der Waals surface area contributed by atoms with Crippen LogP contribution in [0, 0.1) is 0 Å². The maximum absolute atomic E-state index is 13.6. The highest BCUT2D eigenvalue weighted by molar-refractivity contribution is 6.13. The number of aromatic amines is 2. The summed E-state index contributed by atoms with van der Waals surface area (Å²) in [5.74, 6) is -0.879. The van der Waals surface area contributed by atoms with E-state index in [1.807, 2.05) is 50.2 Å². The normalized spacial score (nSPS) is 13.9. The maximum atomic E-state index is 13.6. The van der Waals surface area contributed by atoms with Crippen LogP contribution in [0.15, 0.2) is 77.3 Å². The number of benzene rings is 2. The number of rotatable bonds is 8. The van der Waals surface area contributed by atoms with Crippen LogP contribution >= 0.6 is 0 Å². The number of carbonyl (C=O) groups excluding carboxylic acids is 3. The summed E-state index contributed by atoms with van der Waals surface area (Å²) >= 11 is 0. The number of ether oxygens (including phenoxy) is 1. The number of amides is 3. The molecule has 3 amide bonds. The zero-order valence-electron chi connectivity index (χ0n) is 25.1. The van der Waals surface area contributed by atoms with Gasteiger partial charge in [0.25, 0.3) is 17.8 Å². The van der Waals surface area contributed by atoms with Crippen molar-refractivity contribution in [2.45, 2.75) is 19.4 Å². The van der Waals surface area contributed by atoms with E-state index >= 15 is 0 Å². The van der Waals surface area contributed by atoms with E-state index in [1.54, 1.807) is 30.5 Å². The second kappa shape index (κ2) is 12.2. The maximum Gasteiger partial charge on any atom is 0.415 e. The lowest BCUT2D eigenvalue weighted by Crippen LogP contribution is -2.44. The summed E-state index contributed by atoms with van der Waals surface area (Å²) in [6, 6.07) is 19.7. The minimum absolute atomic E-state index is 0.0778. The van der Waals surface area contributed by atoms with Crippen LogP contribution in [0.1, 0.15) is 40.3 Å². The van der Waals surface area contributed by atoms with E-state index in [-0.39, 0.29) is 28.8 Å². The van der Waals surface area contributed by atoms with Gasteiger partial charge >= 0.3 is 6.09 Å². The number of piperazine rings is 1. The highest BCUT2D eigenvalue weighted by Crippen LogP contribution is 2.31. The Labute approximate surface area is 258 Å². The van der Waals surface area contributed by atoms with Crippen molar-refractivity contribution in [3.63, 3.8) is 0 Å². The van der Waals surface area contributed by atoms with E-state index in [2.05, 4.69) is 48.0 Å². The van der Waals surface area contributed by atoms with E-state index in [0.717, 1.165) is 37.4 Å². The largest absolute Gasteiger partial charge is 0.419 e. The Morgan fingerprint density at radius 3 is 2.44 bits per heavy atom. The molecule has 5 aromatic rings. The van der Waals surface area contributed by atoms with E-state index < -0.39 is 17.5 Å². The third-order valence-electron chi connectivity index (χ3n) is 7.75. The molecule has 232 valence electrons. The molecular formula is C32H34N8O5. The summed E-state index contributed by atoms with van der Waals surface area (Å²) in [4.78, 5) is 46.6. The van der Waals surface area contributed by atoms with Gasteiger partial charge in [-0.25, -0.2) is 4.79 Å². The van der Waals surface area contributed by atoms with Gasteiger partial charge in [0.15, 0.2) is 5.82 Å². The zero-order valence-corrected chi connectivity index (χ0v) is 25.1. The lowest BCUT2D eigenvalue weighted by Gasteiger charge is -2.34. The second-order valence-corrected chi connectivity index (χ2v) is 11.4. The molecule has 0 atom stereocenters. The zero-order chi connectivity index (χ0) is 31.6. The van der Waals surface area contributed by atoms with Gasteiger partial charge in [-0.2, -0.15) is 5.10 Å². The number of hydrogen-bond acceptors (Lipinski definition) is 8. The Bertz CT molecular complexity index is 1820. The van der Waals surface area contributed by atoms with Crippen LogP contribution in [0.2, 0.25) is 0 Å². The molecule has 0 radical (unpaired) electrons. The molecule has 2 aromatic carbocycles. The minimum Gasteiger partial charge on any atom is -0.419 e. The molecule has 0 saturated carbocycles. The van der Waals surface area contributed by atoms with Crippen molar-refractivity contribution in [2.24, 2.45) is 0 Å². The summed E-state index contributed by atoms with van der Waals surface area (Å²) in [5.41, 5.74) is 2.65. The monoisotopic (exact) mass is 610 g/mol. The van der Waals surface area contributed by atoms with E-state index in [9.17, 15) is 14.4 Å². The van der Waals surface area contributed by atoms with Crippen molar-refractivity contribution < 1.29 is 23.5 Å². The van der Waals surface area contributed by atoms with Gasteiger partial charge in [0.05, 0.1) is 16.8 Å². The molecule has 6 rings (SSSR count). The lowest BCUT2D eigenvalue weighted by molar-refractivity contribution is 0.102. The van der Waals surface area contributed by atoms with Crippen molar-refractivity contribution >= 4 is 46.2 Å². The Morgan fingerprint density at radius 2 is 1.71 bits per heavy atom. The average Bonchev–Trinajstić information content (AvgIpc) is 3.77. The Morgan fingerprint density at radius 1 is 0.933 bits per heavy atom. The molecule has 1 aliphatic rings. The minimum atomic E-state index is -0.707. The topological polar surface area (TPSA) is 161 Å². The molecule has 0 bridgehead atoms. The Hall–Kier alpha value is -5.56. The van der Waals surface area contributed by atoms with Gasteiger partial charge in [0.2, 0.25) is 5.58 Å². The first kappa shape index (κ1) is 29.5. The van der Waals surface area contributed by atoms with E-state index in [4.69, 9.17) is 9.15 Å². The summed E-state index contributed by atoms with van der Waals surface area (Å²) in [6.07, 6.45) is 0.947. The smallest absolute Gasteiger partial charge is 0.415 e. The summed E-state index contributed by atoms with van der Waals surface area (Å²) < 4.78 is 11.1. The summed E-state index contributed by atoms with van der Waals surface area (Å²) in [7, 11) is 2.08. The van der Waals surface area contributed by atoms with Crippen molar-refractivity contribution in [3.05, 3.63) is 89.7 Å². The molecule has 0 aliphatic carbocycles. The molecule has 0 spiro atoms. The number of hydrogen-bond donors (Lipinski definition) is 5. The molecule has 13 heteroatoms. The summed E-state index contributed by atoms with van der Waals surface area (Å²) in [5, 5.41) is 15.4. The average molecular weight is 611 g/mol. The number of H-pyrrole nitrogens is 2. The number of nitrogens with one attached hydrogen (secondary N) is 5. The van der Waals surface area contributed by atoms with Crippen LogP contribution in [-0.4, -0.2) is 71.2 Å². The van der Waals surface area contributed by atoms with Crippen molar-refractivity contribution in [2.75, 3.05) is 48.8 Å². The van der Waals surface area contributed by atoms with Crippen molar-refractivity contribution in [1.82, 2.24) is 25.4 Å². The van der Waals surface area contributed by atoms with Crippen LogP contribution < -0.4 is 25.6 Å². The van der Waals surface area contributed by atoms with Crippen molar-refractivity contribution in [3.8, 4) is 5.95 Å². The number of furan rings is 1. The molecule has 1 fully saturated rings. The van der Waals surface area contributed by atoms with Crippen LogP contribution in [0.25, 0.3) is 11.1 Å². The molecule has 5 N–H and O–H groups in total. The third-order valence-corrected chi connectivity index (χ3v) is 7.75. The first-order valence-corrected chi connectivity index (χ1v) is 14.5. The number of likely N-dealkylation sites (N-methyl/N-ethyl adjacent to an activating group) is 1. The molecule has 3 aromatic heterocycles. The Kier molecular flexibility index (Phi) is 8.00. The van der Waals surface area contributed by atoms with Gasteiger partial charge in [0.1, 0.15) is 11.2 Å². The lowest BCUT2D eigenvalue weighted by atomic mass is 9.95. The number of carbonyl (C=O) groups is 3. The predicted molar refractivity (Wildman–Crippen MR) is 170 cm³/mol.